The first kappa shape index (κ1) is 22.6. The van der Waals surface area contributed by atoms with Gasteiger partial charge in [-0.3, -0.25) is 4.79 Å². The van der Waals surface area contributed by atoms with Gasteiger partial charge in [-0.15, -0.1) is 0 Å². The monoisotopic (exact) mass is 431 g/mol. The number of hydrogen-bond acceptors (Lipinski definition) is 6. The quantitative estimate of drug-likeness (QED) is 0.612. The van der Waals surface area contributed by atoms with Crippen molar-refractivity contribution in [3.05, 3.63) is 35.4 Å². The molecule has 2 bridgehead atoms. The molecule has 31 heavy (non-hydrogen) atoms. The van der Waals surface area contributed by atoms with Crippen molar-refractivity contribution >= 4 is 23.5 Å². The summed E-state index contributed by atoms with van der Waals surface area (Å²) in [6.45, 7) is 6.89. The number of fused-ring (bicyclic) bond motifs is 4. The molecule has 0 spiro atoms. The summed E-state index contributed by atoms with van der Waals surface area (Å²) in [7, 11) is 2.05. The Morgan fingerprint density at radius 2 is 1.74 bits per heavy atom. The lowest BCUT2D eigenvalue weighted by molar-refractivity contribution is -0.134. The summed E-state index contributed by atoms with van der Waals surface area (Å²) in [4.78, 5) is 36.6. The molecule has 3 N–H and O–H groups in total. The fraction of sp³-hybridized carbons (Fsp3) is 0.500. The van der Waals surface area contributed by atoms with E-state index in [1.165, 1.54) is 25.9 Å². The van der Waals surface area contributed by atoms with Crippen LogP contribution in [0.4, 0.5) is 5.69 Å². The average molecular weight is 431 g/mol. The Labute approximate surface area is 181 Å². The zero-order chi connectivity index (χ0) is 22.5. The first-order valence-corrected chi connectivity index (χ1v) is 10.4. The van der Waals surface area contributed by atoms with E-state index in [0.717, 1.165) is 30.1 Å². The third-order valence-corrected chi connectivity index (χ3v) is 5.88. The molecule has 1 atom stereocenters. The second-order valence-corrected chi connectivity index (χ2v) is 8.16. The van der Waals surface area contributed by atoms with Crippen LogP contribution in [0.5, 0.6) is 5.75 Å². The molecule has 1 aromatic carbocycles. The number of benzene rings is 1. The van der Waals surface area contributed by atoms with Crippen LogP contribution in [0.15, 0.2) is 24.3 Å². The maximum absolute atomic E-state index is 12.9. The molecule has 1 aromatic rings. The molecular weight excluding hydrogens is 402 g/mol. The number of anilines is 1. The number of carboxylic acid groups (broad SMARTS) is 2. The highest BCUT2D eigenvalue weighted by Crippen LogP contribution is 2.36. The molecule has 3 saturated heterocycles. The largest absolute Gasteiger partial charge is 0.489 e. The van der Waals surface area contributed by atoms with Crippen LogP contribution in [0, 0.1) is 12.8 Å². The fourth-order valence-corrected chi connectivity index (χ4v) is 4.28. The number of carbonyl (C=O) groups excluding carboxylic acids is 1. The second-order valence-electron chi connectivity index (χ2n) is 8.16. The summed E-state index contributed by atoms with van der Waals surface area (Å²) in [6.07, 6.45) is 3.52. The minimum Gasteiger partial charge on any atom is -0.489 e. The number of aryl methyl sites for hydroxylation is 1. The molecule has 9 nitrogen and oxygen atoms in total. The molecular formula is C22H29N3O6. The molecule has 1 amide bonds. The SMILES string of the molecule is Cc1cc(C(=O)NC2CN3CCC2CC3)c2c(c1)N(C)CCO2.O=C(O)C=CC(=O)O. The van der Waals surface area contributed by atoms with Gasteiger partial charge in [0.2, 0.25) is 0 Å². The van der Waals surface area contributed by atoms with Gasteiger partial charge in [-0.2, -0.15) is 0 Å². The number of piperidine rings is 3. The molecule has 0 aliphatic carbocycles. The van der Waals surface area contributed by atoms with Gasteiger partial charge in [-0.05, 0) is 56.5 Å². The first-order valence-electron chi connectivity index (χ1n) is 10.4. The molecule has 3 fully saturated rings. The molecule has 4 aliphatic heterocycles. The third kappa shape index (κ3) is 5.75. The molecule has 5 rings (SSSR count). The van der Waals surface area contributed by atoms with Gasteiger partial charge >= 0.3 is 11.9 Å². The summed E-state index contributed by atoms with van der Waals surface area (Å²) in [5, 5.41) is 18.9. The van der Waals surface area contributed by atoms with Crippen LogP contribution in [0.1, 0.15) is 28.8 Å². The molecule has 168 valence electrons. The van der Waals surface area contributed by atoms with E-state index in [1.807, 2.05) is 13.0 Å². The van der Waals surface area contributed by atoms with Gasteiger partial charge in [0.25, 0.3) is 5.91 Å². The van der Waals surface area contributed by atoms with E-state index in [1.54, 1.807) is 0 Å². The second kappa shape index (κ2) is 9.82. The highest BCUT2D eigenvalue weighted by molar-refractivity contribution is 5.99. The van der Waals surface area contributed by atoms with Crippen LogP contribution in [-0.2, 0) is 9.59 Å². The van der Waals surface area contributed by atoms with Crippen molar-refractivity contribution in [1.29, 1.82) is 0 Å². The van der Waals surface area contributed by atoms with Crippen LogP contribution < -0.4 is 15.0 Å². The van der Waals surface area contributed by atoms with Crippen LogP contribution >= 0.6 is 0 Å². The van der Waals surface area contributed by atoms with Gasteiger partial charge in [0.1, 0.15) is 6.61 Å². The number of carbonyl (C=O) groups is 3. The van der Waals surface area contributed by atoms with Gasteiger partial charge in [0.05, 0.1) is 17.8 Å². The van der Waals surface area contributed by atoms with Crippen LogP contribution in [-0.4, -0.2) is 78.8 Å². The molecule has 4 aliphatic rings. The molecule has 0 saturated carbocycles. The molecule has 0 aromatic heterocycles. The average Bonchev–Trinajstić information content (AvgIpc) is 2.74. The number of ether oxygens (including phenoxy) is 1. The van der Waals surface area contributed by atoms with Crippen LogP contribution in [0.25, 0.3) is 0 Å². The lowest BCUT2D eigenvalue weighted by atomic mass is 9.84. The zero-order valence-corrected chi connectivity index (χ0v) is 17.8. The van der Waals surface area contributed by atoms with Crippen molar-refractivity contribution in [3.8, 4) is 5.75 Å². The minimum absolute atomic E-state index is 0.0130. The Kier molecular flexibility index (Phi) is 7.17. The van der Waals surface area contributed by atoms with Crippen molar-refractivity contribution in [1.82, 2.24) is 10.2 Å². The lowest BCUT2D eigenvalue weighted by Crippen LogP contribution is -2.57. The normalized spacial score (nSPS) is 23.9. The van der Waals surface area contributed by atoms with E-state index in [0.29, 0.717) is 30.2 Å². The Morgan fingerprint density at radius 1 is 1.10 bits per heavy atom. The van der Waals surface area contributed by atoms with E-state index >= 15 is 0 Å². The van der Waals surface area contributed by atoms with Gasteiger partial charge < -0.3 is 30.1 Å². The van der Waals surface area contributed by atoms with Crippen molar-refractivity contribution < 1.29 is 29.3 Å². The number of carboxylic acids is 2. The van der Waals surface area contributed by atoms with E-state index < -0.39 is 11.9 Å². The number of amides is 1. The first-order chi connectivity index (χ1) is 14.7. The van der Waals surface area contributed by atoms with Gasteiger partial charge in [0.15, 0.2) is 5.75 Å². The summed E-state index contributed by atoms with van der Waals surface area (Å²) >= 11 is 0. The number of likely N-dealkylation sites (N-methyl/N-ethyl adjacent to an activating group) is 1. The fourth-order valence-electron chi connectivity index (χ4n) is 4.28. The molecule has 9 heteroatoms. The number of nitrogens with one attached hydrogen (secondary N) is 1. The molecule has 1 unspecified atom stereocenters. The summed E-state index contributed by atoms with van der Waals surface area (Å²) in [6, 6.07) is 4.33. The van der Waals surface area contributed by atoms with Crippen LogP contribution in [0.2, 0.25) is 0 Å². The van der Waals surface area contributed by atoms with Crippen molar-refractivity contribution in [2.45, 2.75) is 25.8 Å². The molecule has 0 radical (unpaired) electrons. The topological polar surface area (TPSA) is 119 Å². The number of nitrogens with zero attached hydrogens (tertiary/aromatic N) is 2. The Balaban J connectivity index is 0.000000293. The number of rotatable bonds is 4. The maximum Gasteiger partial charge on any atom is 0.328 e. The predicted octanol–water partition coefficient (Wildman–Crippen LogP) is 1.36. The van der Waals surface area contributed by atoms with Crippen molar-refractivity contribution in [3.63, 3.8) is 0 Å². The summed E-state index contributed by atoms with van der Waals surface area (Å²) in [5.74, 6) is -1.13. The smallest absolute Gasteiger partial charge is 0.328 e. The molecule has 4 heterocycles. The number of aliphatic carboxylic acids is 2. The summed E-state index contributed by atoms with van der Waals surface area (Å²) < 4.78 is 5.84. The zero-order valence-electron chi connectivity index (χ0n) is 17.8. The highest BCUT2D eigenvalue weighted by atomic mass is 16.5. The van der Waals surface area contributed by atoms with Gasteiger partial charge in [-0.25, -0.2) is 9.59 Å². The Morgan fingerprint density at radius 3 is 2.29 bits per heavy atom. The van der Waals surface area contributed by atoms with Gasteiger partial charge in [0, 0.05) is 31.8 Å². The van der Waals surface area contributed by atoms with Crippen molar-refractivity contribution in [2.75, 3.05) is 44.7 Å². The highest BCUT2D eigenvalue weighted by Gasteiger charge is 2.35. The predicted molar refractivity (Wildman–Crippen MR) is 115 cm³/mol. The van der Waals surface area contributed by atoms with E-state index in [-0.39, 0.29) is 11.9 Å². The standard InChI is InChI=1S/C18H25N3O2.C4H4O4/c1-12-9-14(17-16(10-12)20(2)7-8-23-17)18(22)19-15-11-21-5-3-13(15)4-6-21;5-3(6)1-2-4(7)8/h9-10,13,15H,3-8,11H2,1-2H3,(H,19,22);1-2H,(H,5,6)(H,7,8). The van der Waals surface area contributed by atoms with Gasteiger partial charge in [-0.1, -0.05) is 0 Å². The van der Waals surface area contributed by atoms with Crippen molar-refractivity contribution in [2.24, 2.45) is 5.92 Å². The van der Waals surface area contributed by atoms with E-state index in [9.17, 15) is 14.4 Å². The maximum atomic E-state index is 12.9. The lowest BCUT2D eigenvalue weighted by Gasteiger charge is -2.45. The van der Waals surface area contributed by atoms with Crippen LogP contribution in [0.3, 0.4) is 0 Å². The Hall–Kier alpha value is -3.07. The third-order valence-electron chi connectivity index (χ3n) is 5.88. The number of hydrogen-bond donors (Lipinski definition) is 3. The minimum atomic E-state index is -1.26. The van der Waals surface area contributed by atoms with E-state index in [2.05, 4.69) is 28.2 Å². The summed E-state index contributed by atoms with van der Waals surface area (Å²) in [5.41, 5.74) is 2.80. The Bertz CT molecular complexity index is 860. The van der Waals surface area contributed by atoms with E-state index in [4.69, 9.17) is 14.9 Å².